The lowest BCUT2D eigenvalue weighted by molar-refractivity contribution is -0.110. The van der Waals surface area contributed by atoms with E-state index < -0.39 is 5.91 Å². The Bertz CT molecular complexity index is 1100. The monoisotopic (exact) mass is 436 g/mol. The first-order chi connectivity index (χ1) is 15.6. The average molecular weight is 436 g/mol. The molecule has 0 bridgehead atoms. The molecule has 0 spiro atoms. The Hall–Kier alpha value is -4.15. The maximum absolute atomic E-state index is 12.2. The minimum Gasteiger partial charge on any atom is -0.395 e. The molecule has 2 heterocycles. The number of nitrogens with zero attached hydrogens (tertiary/aromatic N) is 7. The van der Waals surface area contributed by atoms with Crippen molar-refractivity contribution in [3.8, 4) is 0 Å². The molecular formula is C21H24N8O3. The van der Waals surface area contributed by atoms with Gasteiger partial charge in [0.05, 0.1) is 5.69 Å². The highest BCUT2D eigenvalue weighted by Gasteiger charge is 2.15. The van der Waals surface area contributed by atoms with Crippen molar-refractivity contribution in [1.29, 1.82) is 0 Å². The number of aromatic nitrogens is 5. The lowest BCUT2D eigenvalue weighted by Gasteiger charge is -2.07. The fourth-order valence-electron chi connectivity index (χ4n) is 2.52. The number of nitrogens with one attached hydrogen (secondary N) is 1. The van der Waals surface area contributed by atoms with Crippen molar-refractivity contribution in [2.75, 3.05) is 11.9 Å². The zero-order valence-electron chi connectivity index (χ0n) is 18.1. The van der Waals surface area contributed by atoms with Crippen LogP contribution < -0.4 is 5.32 Å². The molecule has 1 amide bonds. The van der Waals surface area contributed by atoms with Crippen molar-refractivity contribution in [2.45, 2.75) is 26.9 Å². The van der Waals surface area contributed by atoms with E-state index in [-0.39, 0.29) is 12.3 Å². The van der Waals surface area contributed by atoms with Crippen LogP contribution in [0.2, 0.25) is 0 Å². The summed E-state index contributed by atoms with van der Waals surface area (Å²) >= 11 is 0. The first kappa shape index (κ1) is 22.5. The Kier molecular flexibility index (Phi) is 7.96. The SMILES string of the molecule is CCCO/N=C(\C)C(=O)Nc1cccc(CO/N=C(/c2ccccc2)c2nnnn2C)n1. The maximum atomic E-state index is 12.2. The van der Waals surface area contributed by atoms with Gasteiger partial charge in [-0.15, -0.1) is 5.10 Å². The highest BCUT2D eigenvalue weighted by Crippen LogP contribution is 2.10. The van der Waals surface area contributed by atoms with E-state index in [2.05, 4.69) is 36.1 Å². The van der Waals surface area contributed by atoms with Gasteiger partial charge >= 0.3 is 0 Å². The highest BCUT2D eigenvalue weighted by molar-refractivity contribution is 6.41. The zero-order chi connectivity index (χ0) is 22.8. The number of pyridine rings is 1. The lowest BCUT2D eigenvalue weighted by Crippen LogP contribution is -2.21. The topological polar surface area (TPSA) is 129 Å². The van der Waals surface area contributed by atoms with Crippen LogP contribution in [0.5, 0.6) is 0 Å². The van der Waals surface area contributed by atoms with E-state index in [0.717, 1.165) is 12.0 Å². The lowest BCUT2D eigenvalue weighted by atomic mass is 10.1. The summed E-state index contributed by atoms with van der Waals surface area (Å²) in [6.45, 7) is 4.06. The number of amides is 1. The van der Waals surface area contributed by atoms with Crippen LogP contribution in [0.4, 0.5) is 5.82 Å². The summed E-state index contributed by atoms with van der Waals surface area (Å²) in [5.74, 6) is 0.432. The number of carbonyl (C=O) groups is 1. The van der Waals surface area contributed by atoms with Gasteiger partial charge in [0.1, 0.15) is 18.1 Å². The molecule has 1 aromatic carbocycles. The number of carbonyl (C=O) groups excluding carboxylic acids is 1. The van der Waals surface area contributed by atoms with Gasteiger partial charge in [-0.1, -0.05) is 53.6 Å². The molecule has 2 aromatic heterocycles. The second-order valence-corrected chi connectivity index (χ2v) is 6.68. The molecule has 0 radical (unpaired) electrons. The predicted molar refractivity (Wildman–Crippen MR) is 118 cm³/mol. The van der Waals surface area contributed by atoms with Gasteiger partial charge in [0.25, 0.3) is 5.91 Å². The van der Waals surface area contributed by atoms with Crippen LogP contribution >= 0.6 is 0 Å². The van der Waals surface area contributed by atoms with Crippen LogP contribution in [-0.2, 0) is 28.1 Å². The number of rotatable bonds is 10. The molecule has 0 atom stereocenters. The number of tetrazole rings is 1. The Labute approximate surface area is 185 Å². The summed E-state index contributed by atoms with van der Waals surface area (Å²) in [7, 11) is 1.72. The molecule has 32 heavy (non-hydrogen) atoms. The molecule has 0 fully saturated rings. The van der Waals surface area contributed by atoms with Crippen LogP contribution in [0.1, 0.15) is 37.4 Å². The Morgan fingerprint density at radius 1 is 1.09 bits per heavy atom. The summed E-state index contributed by atoms with van der Waals surface area (Å²) in [6, 6.07) is 14.7. The molecule has 0 aliphatic heterocycles. The first-order valence-corrected chi connectivity index (χ1v) is 10.0. The minimum atomic E-state index is -0.397. The summed E-state index contributed by atoms with van der Waals surface area (Å²) in [5.41, 5.74) is 2.07. The standard InChI is InChI=1S/C21H24N8O3/c1-4-13-31-25-15(2)21(30)23-18-12-8-11-17(22-18)14-32-26-19(16-9-6-5-7-10-16)20-24-27-28-29(20)3/h5-12H,4,13-14H2,1-3H3,(H,22,23,30)/b25-15+,26-19-. The van der Waals surface area contributed by atoms with Gasteiger partial charge in [0.2, 0.25) is 5.82 Å². The van der Waals surface area contributed by atoms with Crippen LogP contribution in [-0.4, -0.2) is 49.1 Å². The van der Waals surface area contributed by atoms with Gasteiger partial charge in [0.15, 0.2) is 12.3 Å². The molecular weight excluding hydrogens is 412 g/mol. The second-order valence-electron chi connectivity index (χ2n) is 6.68. The molecule has 0 unspecified atom stereocenters. The highest BCUT2D eigenvalue weighted by atomic mass is 16.6. The number of benzene rings is 1. The van der Waals surface area contributed by atoms with Crippen molar-refractivity contribution < 1.29 is 14.5 Å². The molecule has 166 valence electrons. The maximum Gasteiger partial charge on any atom is 0.274 e. The van der Waals surface area contributed by atoms with E-state index in [1.54, 1.807) is 32.2 Å². The third-order valence-electron chi connectivity index (χ3n) is 4.12. The Morgan fingerprint density at radius 3 is 2.62 bits per heavy atom. The van der Waals surface area contributed by atoms with E-state index >= 15 is 0 Å². The number of hydrogen-bond acceptors (Lipinski definition) is 9. The van der Waals surface area contributed by atoms with Crippen molar-refractivity contribution in [3.63, 3.8) is 0 Å². The second kappa shape index (κ2) is 11.3. The molecule has 11 heteroatoms. The minimum absolute atomic E-state index is 0.0814. The Balaban J connectivity index is 1.68. The largest absolute Gasteiger partial charge is 0.395 e. The van der Waals surface area contributed by atoms with Crippen molar-refractivity contribution in [2.24, 2.45) is 17.4 Å². The van der Waals surface area contributed by atoms with Crippen LogP contribution in [0, 0.1) is 0 Å². The van der Waals surface area contributed by atoms with E-state index in [9.17, 15) is 4.79 Å². The first-order valence-electron chi connectivity index (χ1n) is 10.0. The van der Waals surface area contributed by atoms with Gasteiger partial charge in [-0.25, -0.2) is 9.67 Å². The molecule has 0 saturated carbocycles. The van der Waals surface area contributed by atoms with Gasteiger partial charge in [-0.2, -0.15) is 0 Å². The van der Waals surface area contributed by atoms with Crippen LogP contribution in [0.15, 0.2) is 58.8 Å². The third kappa shape index (κ3) is 6.17. The zero-order valence-corrected chi connectivity index (χ0v) is 18.1. The van der Waals surface area contributed by atoms with Crippen molar-refractivity contribution in [3.05, 3.63) is 65.6 Å². The Morgan fingerprint density at radius 2 is 1.91 bits per heavy atom. The summed E-state index contributed by atoms with van der Waals surface area (Å²) in [5, 5.41) is 22.2. The molecule has 3 rings (SSSR count). The van der Waals surface area contributed by atoms with E-state index in [1.165, 1.54) is 4.68 Å². The van der Waals surface area contributed by atoms with Crippen molar-refractivity contribution in [1.82, 2.24) is 25.2 Å². The summed E-state index contributed by atoms with van der Waals surface area (Å²) in [4.78, 5) is 27.2. The molecule has 11 nitrogen and oxygen atoms in total. The van der Waals surface area contributed by atoms with E-state index in [1.807, 2.05) is 37.3 Å². The van der Waals surface area contributed by atoms with Crippen LogP contribution in [0.25, 0.3) is 0 Å². The average Bonchev–Trinajstić information content (AvgIpc) is 3.23. The normalized spacial score (nSPS) is 11.8. The number of aryl methyl sites for hydroxylation is 1. The third-order valence-corrected chi connectivity index (χ3v) is 4.12. The molecule has 0 aliphatic rings. The van der Waals surface area contributed by atoms with E-state index in [0.29, 0.717) is 29.7 Å². The fraction of sp³-hybridized carbons (Fsp3) is 0.286. The molecule has 3 aromatic rings. The fourth-order valence-corrected chi connectivity index (χ4v) is 2.52. The number of oxime groups is 2. The van der Waals surface area contributed by atoms with Crippen molar-refractivity contribution >= 4 is 23.1 Å². The predicted octanol–water partition coefficient (Wildman–Crippen LogP) is 2.32. The van der Waals surface area contributed by atoms with Gasteiger partial charge < -0.3 is 15.0 Å². The smallest absolute Gasteiger partial charge is 0.274 e. The number of hydrogen-bond donors (Lipinski definition) is 1. The quantitative estimate of drug-likeness (QED) is 0.293. The van der Waals surface area contributed by atoms with Gasteiger partial charge in [-0.05, 0) is 35.9 Å². The van der Waals surface area contributed by atoms with Crippen LogP contribution in [0.3, 0.4) is 0 Å². The molecule has 1 N–H and O–H groups in total. The number of anilines is 1. The van der Waals surface area contributed by atoms with Gasteiger partial charge in [-0.3, -0.25) is 4.79 Å². The van der Waals surface area contributed by atoms with E-state index in [4.69, 9.17) is 9.68 Å². The van der Waals surface area contributed by atoms with Gasteiger partial charge in [0, 0.05) is 12.6 Å². The molecule has 0 aliphatic carbocycles. The molecule has 0 saturated heterocycles. The summed E-state index contributed by atoms with van der Waals surface area (Å²) < 4.78 is 1.51. The summed E-state index contributed by atoms with van der Waals surface area (Å²) in [6.07, 6.45) is 0.809.